The average Bonchev–Trinajstić information content (AvgIpc) is 2.71. The largest absolute Gasteiger partial charge is 0.507 e. The molecule has 3 aromatic carbocycles. The van der Waals surface area contributed by atoms with Gasteiger partial charge in [-0.05, 0) is 68.0 Å². The molecule has 2 nitrogen and oxygen atoms in total. The highest BCUT2D eigenvalue weighted by Gasteiger charge is 2.07. The van der Waals surface area contributed by atoms with Crippen molar-refractivity contribution < 1.29 is 9.84 Å². The van der Waals surface area contributed by atoms with E-state index in [0.29, 0.717) is 18.3 Å². The van der Waals surface area contributed by atoms with Crippen LogP contribution in [0.15, 0.2) is 78.4 Å². The Kier molecular flexibility index (Phi) is 7.13. The Hall–Kier alpha value is -3.00. The smallest absolute Gasteiger partial charge is 0.122 e. The van der Waals surface area contributed by atoms with Gasteiger partial charge in [-0.2, -0.15) is 0 Å². The standard InChI is InChI=1S/C27H30O2/c1-20-9-14-27(28)25(17-20)18-22(3)15-21(2)16-23-10-12-26(13-11-23)29-19-24-7-5-4-6-8-24/h4-14,17-18,21,28H,15-16,19H2,1-3H3. The number of aryl methyl sites for hydroxylation is 1. The molecule has 3 aromatic rings. The van der Waals surface area contributed by atoms with E-state index in [4.69, 9.17) is 4.74 Å². The second kappa shape index (κ2) is 9.97. The van der Waals surface area contributed by atoms with Gasteiger partial charge < -0.3 is 9.84 Å². The van der Waals surface area contributed by atoms with Crippen molar-refractivity contribution in [3.8, 4) is 11.5 Å². The van der Waals surface area contributed by atoms with Crippen LogP contribution in [0.4, 0.5) is 0 Å². The van der Waals surface area contributed by atoms with Gasteiger partial charge in [-0.1, -0.05) is 72.7 Å². The van der Waals surface area contributed by atoms with Gasteiger partial charge in [0.1, 0.15) is 18.1 Å². The van der Waals surface area contributed by atoms with E-state index in [9.17, 15) is 5.11 Å². The highest BCUT2D eigenvalue weighted by Crippen LogP contribution is 2.25. The Morgan fingerprint density at radius 2 is 1.69 bits per heavy atom. The molecule has 0 spiro atoms. The molecule has 2 heteroatoms. The topological polar surface area (TPSA) is 29.5 Å². The van der Waals surface area contributed by atoms with Crippen LogP contribution in [0.2, 0.25) is 0 Å². The second-order valence-corrected chi connectivity index (χ2v) is 7.98. The van der Waals surface area contributed by atoms with E-state index in [1.54, 1.807) is 6.07 Å². The summed E-state index contributed by atoms with van der Waals surface area (Å²) >= 11 is 0. The number of hydrogen-bond donors (Lipinski definition) is 1. The number of allylic oxidation sites excluding steroid dienone is 1. The van der Waals surface area contributed by atoms with E-state index in [1.165, 1.54) is 16.7 Å². The first-order valence-corrected chi connectivity index (χ1v) is 10.2. The molecule has 0 aromatic heterocycles. The lowest BCUT2D eigenvalue weighted by Gasteiger charge is -2.13. The third kappa shape index (κ3) is 6.53. The molecule has 0 fully saturated rings. The molecular weight excluding hydrogens is 356 g/mol. The molecule has 0 heterocycles. The summed E-state index contributed by atoms with van der Waals surface area (Å²) in [6.45, 7) is 7.04. The van der Waals surface area contributed by atoms with Crippen LogP contribution in [0.5, 0.6) is 11.5 Å². The number of benzene rings is 3. The highest BCUT2D eigenvalue weighted by molar-refractivity contribution is 5.60. The van der Waals surface area contributed by atoms with E-state index < -0.39 is 0 Å². The van der Waals surface area contributed by atoms with Crippen molar-refractivity contribution in [3.63, 3.8) is 0 Å². The molecule has 0 aliphatic rings. The Morgan fingerprint density at radius 3 is 2.41 bits per heavy atom. The summed E-state index contributed by atoms with van der Waals surface area (Å²) in [6.07, 6.45) is 4.11. The highest BCUT2D eigenvalue weighted by atomic mass is 16.5. The van der Waals surface area contributed by atoms with Gasteiger partial charge in [-0.25, -0.2) is 0 Å². The molecule has 3 rings (SSSR count). The zero-order valence-corrected chi connectivity index (χ0v) is 17.6. The van der Waals surface area contributed by atoms with Crippen LogP contribution in [0.1, 0.15) is 42.5 Å². The van der Waals surface area contributed by atoms with Gasteiger partial charge in [0, 0.05) is 5.56 Å². The van der Waals surface area contributed by atoms with Crippen LogP contribution < -0.4 is 4.74 Å². The molecule has 0 aliphatic carbocycles. The first-order valence-electron chi connectivity index (χ1n) is 10.2. The van der Waals surface area contributed by atoms with Crippen molar-refractivity contribution in [2.45, 2.75) is 40.2 Å². The zero-order chi connectivity index (χ0) is 20.6. The van der Waals surface area contributed by atoms with Crippen LogP contribution in [0, 0.1) is 12.8 Å². The van der Waals surface area contributed by atoms with Crippen molar-refractivity contribution >= 4 is 6.08 Å². The number of hydrogen-bond acceptors (Lipinski definition) is 2. The normalized spacial score (nSPS) is 12.6. The minimum absolute atomic E-state index is 0.341. The lowest BCUT2D eigenvalue weighted by Crippen LogP contribution is -2.01. The molecule has 1 unspecified atom stereocenters. The minimum atomic E-state index is 0.341. The summed E-state index contributed by atoms with van der Waals surface area (Å²) < 4.78 is 5.87. The van der Waals surface area contributed by atoms with Gasteiger partial charge in [0.05, 0.1) is 0 Å². The van der Waals surface area contributed by atoms with Crippen molar-refractivity contribution in [1.29, 1.82) is 0 Å². The van der Waals surface area contributed by atoms with Crippen molar-refractivity contribution in [3.05, 3.63) is 101 Å². The minimum Gasteiger partial charge on any atom is -0.507 e. The fraction of sp³-hybridized carbons (Fsp3) is 0.259. The van der Waals surface area contributed by atoms with Crippen molar-refractivity contribution in [1.82, 2.24) is 0 Å². The molecule has 0 saturated heterocycles. The summed E-state index contributed by atoms with van der Waals surface area (Å²) in [5.74, 6) is 1.76. The maximum Gasteiger partial charge on any atom is 0.122 e. The predicted octanol–water partition coefficient (Wildman–Crippen LogP) is 6.95. The van der Waals surface area contributed by atoms with Gasteiger partial charge >= 0.3 is 0 Å². The number of rotatable bonds is 8. The predicted molar refractivity (Wildman–Crippen MR) is 121 cm³/mol. The lowest BCUT2D eigenvalue weighted by molar-refractivity contribution is 0.306. The van der Waals surface area contributed by atoms with Crippen LogP contribution in [-0.4, -0.2) is 5.11 Å². The summed E-state index contributed by atoms with van der Waals surface area (Å²) in [6, 6.07) is 24.3. The van der Waals surface area contributed by atoms with Crippen LogP contribution >= 0.6 is 0 Å². The first kappa shape index (κ1) is 20.7. The third-order valence-corrected chi connectivity index (χ3v) is 5.01. The van der Waals surface area contributed by atoms with Crippen molar-refractivity contribution in [2.24, 2.45) is 5.92 Å². The van der Waals surface area contributed by atoms with Crippen LogP contribution in [0.3, 0.4) is 0 Å². The van der Waals surface area contributed by atoms with Gasteiger partial charge in [0.2, 0.25) is 0 Å². The summed E-state index contributed by atoms with van der Waals surface area (Å²) in [4.78, 5) is 0. The number of aromatic hydroxyl groups is 1. The molecule has 0 aliphatic heterocycles. The van der Waals surface area contributed by atoms with Gasteiger partial charge in [0.25, 0.3) is 0 Å². The zero-order valence-electron chi connectivity index (χ0n) is 17.6. The van der Waals surface area contributed by atoms with Gasteiger partial charge in [-0.3, -0.25) is 0 Å². The maximum absolute atomic E-state index is 10.0. The molecule has 1 N–H and O–H groups in total. The molecule has 0 saturated carbocycles. The van der Waals surface area contributed by atoms with E-state index in [2.05, 4.69) is 56.3 Å². The van der Waals surface area contributed by atoms with E-state index in [1.807, 2.05) is 37.3 Å². The Morgan fingerprint density at radius 1 is 0.966 bits per heavy atom. The molecule has 0 bridgehead atoms. The first-order chi connectivity index (χ1) is 14.0. The fourth-order valence-electron chi connectivity index (χ4n) is 3.60. The monoisotopic (exact) mass is 386 g/mol. The molecule has 1 atom stereocenters. The third-order valence-electron chi connectivity index (χ3n) is 5.01. The lowest BCUT2D eigenvalue weighted by atomic mass is 9.93. The van der Waals surface area contributed by atoms with Crippen LogP contribution in [-0.2, 0) is 13.0 Å². The van der Waals surface area contributed by atoms with Gasteiger partial charge in [-0.15, -0.1) is 0 Å². The summed E-state index contributed by atoms with van der Waals surface area (Å²) in [5.41, 5.74) is 5.82. The molecule has 0 radical (unpaired) electrons. The average molecular weight is 387 g/mol. The fourth-order valence-corrected chi connectivity index (χ4v) is 3.60. The molecular formula is C27H30O2. The van der Waals surface area contributed by atoms with Gasteiger partial charge in [0.15, 0.2) is 0 Å². The number of phenols is 1. The second-order valence-electron chi connectivity index (χ2n) is 7.98. The molecule has 29 heavy (non-hydrogen) atoms. The van der Waals surface area contributed by atoms with Crippen LogP contribution in [0.25, 0.3) is 6.08 Å². The molecule has 0 amide bonds. The Balaban J connectivity index is 1.52. The number of phenolic OH excluding ortho intramolecular Hbond substituents is 1. The van der Waals surface area contributed by atoms with Crippen molar-refractivity contribution in [2.75, 3.05) is 0 Å². The Bertz CT molecular complexity index is 940. The number of ether oxygens (including phenoxy) is 1. The quantitative estimate of drug-likeness (QED) is 0.454. The van der Waals surface area contributed by atoms with E-state index in [0.717, 1.165) is 29.7 Å². The summed E-state index contributed by atoms with van der Waals surface area (Å²) in [5, 5.41) is 10.0. The van der Waals surface area contributed by atoms with E-state index in [-0.39, 0.29) is 0 Å². The maximum atomic E-state index is 10.0. The van der Waals surface area contributed by atoms with E-state index >= 15 is 0 Å². The summed E-state index contributed by atoms with van der Waals surface area (Å²) in [7, 11) is 0. The molecule has 150 valence electrons. The SMILES string of the molecule is CC(=Cc1cc(C)ccc1O)CC(C)Cc1ccc(OCc2ccccc2)cc1. The Labute approximate surface area is 174 Å².